The Morgan fingerprint density at radius 3 is 2.52 bits per heavy atom. The average molecular weight is 561 g/mol. The minimum absolute atomic E-state index is 0.0293. The first kappa shape index (κ1) is 31.0. The molecule has 2 aliphatic rings. The molecule has 3 unspecified atom stereocenters. The Bertz CT molecular complexity index is 1110. The van der Waals surface area contributed by atoms with E-state index in [1.54, 1.807) is 19.9 Å². The van der Waals surface area contributed by atoms with Crippen molar-refractivity contribution in [1.29, 1.82) is 0 Å². The van der Waals surface area contributed by atoms with E-state index in [0.29, 0.717) is 30.6 Å². The molecule has 6 N–H and O–H groups in total. The van der Waals surface area contributed by atoms with Crippen LogP contribution in [0.5, 0.6) is 5.88 Å². The molecule has 12 heteroatoms. The Kier molecular flexibility index (Phi) is 10.2. The lowest BCUT2D eigenvalue weighted by atomic mass is 9.62. The molecule has 5 amide bonds. The van der Waals surface area contributed by atoms with Crippen molar-refractivity contribution in [2.24, 2.45) is 46.5 Å². The third kappa shape index (κ3) is 7.98. The maximum absolute atomic E-state index is 13.7. The van der Waals surface area contributed by atoms with Crippen LogP contribution in [0.1, 0.15) is 77.1 Å². The molecule has 0 spiro atoms. The number of fused-ring (bicyclic) bond motifs is 2. The molecule has 2 bridgehead atoms. The van der Waals surface area contributed by atoms with Gasteiger partial charge in [-0.2, -0.15) is 5.10 Å². The smallest absolute Gasteiger partial charge is 0.404 e. The summed E-state index contributed by atoms with van der Waals surface area (Å²) in [5, 5.41) is 9.71. The lowest BCUT2D eigenvalue weighted by Gasteiger charge is -2.47. The number of urea groups is 1. The number of ether oxygens (including phenoxy) is 2. The van der Waals surface area contributed by atoms with Gasteiger partial charge in [0.25, 0.3) is 5.91 Å². The van der Waals surface area contributed by atoms with Gasteiger partial charge in [0.2, 0.25) is 11.8 Å². The molecule has 5 atom stereocenters. The van der Waals surface area contributed by atoms with Crippen LogP contribution in [0.2, 0.25) is 0 Å². The molecule has 1 aromatic heterocycles. The standard InChI is InChI=1S/C28H44N6O6/c1-6-19-10-17-9-18(15-40-27(30)38)12-20(11-17)22(19)32-23(35)21-13-31-34(24(21)39-14-16(2)3)8-7-28(4,5)25(36)33-26(29)37/h7-8,13,16-20,22H,6,9-12,14-15H2,1-5H3,(H2,30,38)(H,32,35)(H3,29,33,36,37)/b8-7+/t17?,18-,19?,20?,22+/m0/s1. The van der Waals surface area contributed by atoms with E-state index in [9.17, 15) is 19.2 Å². The van der Waals surface area contributed by atoms with Crippen LogP contribution >= 0.6 is 0 Å². The summed E-state index contributed by atoms with van der Waals surface area (Å²) in [5.74, 6) is 0.982. The highest BCUT2D eigenvalue weighted by molar-refractivity contribution is 5.98. The molecule has 0 aliphatic heterocycles. The van der Waals surface area contributed by atoms with Crippen molar-refractivity contribution >= 4 is 30.1 Å². The molecule has 1 heterocycles. The Labute approximate surface area is 235 Å². The molecule has 1 aromatic rings. The van der Waals surface area contributed by atoms with Gasteiger partial charge in [-0.1, -0.05) is 33.3 Å². The van der Waals surface area contributed by atoms with E-state index in [-0.39, 0.29) is 35.6 Å². The van der Waals surface area contributed by atoms with Gasteiger partial charge in [0.1, 0.15) is 5.56 Å². The maximum atomic E-state index is 13.7. The van der Waals surface area contributed by atoms with Crippen LogP contribution in [-0.4, -0.2) is 53.0 Å². The molecule has 40 heavy (non-hydrogen) atoms. The van der Waals surface area contributed by atoms with Gasteiger partial charge in [-0.25, -0.2) is 14.3 Å². The number of imide groups is 1. The van der Waals surface area contributed by atoms with Crippen molar-refractivity contribution in [3.05, 3.63) is 17.8 Å². The SMILES string of the molecule is CCC1CC2CC(C[C@@H](COC(N)=O)C2)[C@@H]1NC(=O)c1cnn(/C=C/C(C)(C)C(=O)NC(N)=O)c1OCC(C)C. The van der Waals surface area contributed by atoms with Gasteiger partial charge in [0, 0.05) is 12.2 Å². The lowest BCUT2D eigenvalue weighted by Crippen LogP contribution is -2.52. The monoisotopic (exact) mass is 560 g/mol. The Balaban J connectivity index is 1.82. The minimum Gasteiger partial charge on any atom is -0.477 e. The van der Waals surface area contributed by atoms with E-state index in [2.05, 4.69) is 22.7 Å². The van der Waals surface area contributed by atoms with Crippen molar-refractivity contribution in [2.75, 3.05) is 13.2 Å². The molecular formula is C28H44N6O6. The van der Waals surface area contributed by atoms with Crippen molar-refractivity contribution in [3.8, 4) is 5.88 Å². The molecule has 2 saturated carbocycles. The van der Waals surface area contributed by atoms with Crippen molar-refractivity contribution in [1.82, 2.24) is 20.4 Å². The van der Waals surface area contributed by atoms with Gasteiger partial charge < -0.3 is 26.3 Å². The van der Waals surface area contributed by atoms with Gasteiger partial charge in [0.05, 0.1) is 24.8 Å². The summed E-state index contributed by atoms with van der Waals surface area (Å²) in [6, 6.07) is -0.965. The van der Waals surface area contributed by atoms with E-state index < -0.39 is 23.4 Å². The number of nitrogens with zero attached hydrogens (tertiary/aromatic N) is 2. The number of amides is 5. The zero-order chi connectivity index (χ0) is 29.6. The number of rotatable bonds is 11. The number of carbonyl (C=O) groups is 4. The van der Waals surface area contributed by atoms with Crippen LogP contribution in [0.15, 0.2) is 12.3 Å². The van der Waals surface area contributed by atoms with Gasteiger partial charge in [-0.3, -0.25) is 14.9 Å². The summed E-state index contributed by atoms with van der Waals surface area (Å²) in [6.07, 6.45) is 8.63. The first-order valence-electron chi connectivity index (χ1n) is 14.0. The summed E-state index contributed by atoms with van der Waals surface area (Å²) in [5.41, 5.74) is 9.49. The van der Waals surface area contributed by atoms with E-state index >= 15 is 0 Å². The van der Waals surface area contributed by atoms with Crippen molar-refractivity contribution < 1.29 is 28.7 Å². The van der Waals surface area contributed by atoms with Crippen LogP contribution < -0.4 is 26.8 Å². The van der Waals surface area contributed by atoms with E-state index in [0.717, 1.165) is 32.1 Å². The minimum atomic E-state index is -1.08. The highest BCUT2D eigenvalue weighted by Crippen LogP contribution is 2.46. The van der Waals surface area contributed by atoms with Crippen molar-refractivity contribution in [3.63, 3.8) is 0 Å². The summed E-state index contributed by atoms with van der Waals surface area (Å²) in [4.78, 5) is 48.3. The van der Waals surface area contributed by atoms with Gasteiger partial charge in [-0.05, 0) is 69.1 Å². The molecular weight excluding hydrogens is 516 g/mol. The van der Waals surface area contributed by atoms with Gasteiger partial charge in [-0.15, -0.1) is 0 Å². The highest BCUT2D eigenvalue weighted by Gasteiger charge is 2.43. The second-order valence-electron chi connectivity index (χ2n) is 12.1. The quantitative estimate of drug-likeness (QED) is 0.320. The number of nitrogens with two attached hydrogens (primary N) is 2. The summed E-state index contributed by atoms with van der Waals surface area (Å²) in [6.45, 7) is 10.1. The Hall–Kier alpha value is -3.57. The number of carbonyl (C=O) groups excluding carboxylic acids is 4. The number of aromatic nitrogens is 2. The summed E-state index contributed by atoms with van der Waals surface area (Å²) < 4.78 is 12.5. The Morgan fingerprint density at radius 2 is 1.90 bits per heavy atom. The first-order valence-corrected chi connectivity index (χ1v) is 14.0. The largest absolute Gasteiger partial charge is 0.477 e. The normalized spacial score (nSPS) is 24.5. The fourth-order valence-electron chi connectivity index (χ4n) is 5.89. The van der Waals surface area contributed by atoms with Crippen LogP contribution in [0, 0.1) is 35.0 Å². The first-order chi connectivity index (χ1) is 18.8. The molecule has 0 aromatic carbocycles. The predicted octanol–water partition coefficient (Wildman–Crippen LogP) is 3.27. The Morgan fingerprint density at radius 1 is 1.18 bits per heavy atom. The van der Waals surface area contributed by atoms with Crippen LogP contribution in [-0.2, 0) is 9.53 Å². The number of nitrogens with one attached hydrogen (secondary N) is 2. The molecule has 3 rings (SSSR count). The molecule has 12 nitrogen and oxygen atoms in total. The number of hydrogen-bond donors (Lipinski definition) is 4. The van der Waals surface area contributed by atoms with Crippen LogP contribution in [0.4, 0.5) is 9.59 Å². The molecule has 2 aliphatic carbocycles. The summed E-state index contributed by atoms with van der Waals surface area (Å²) in [7, 11) is 0. The summed E-state index contributed by atoms with van der Waals surface area (Å²) >= 11 is 0. The third-order valence-electron chi connectivity index (χ3n) is 7.88. The molecule has 0 saturated heterocycles. The number of hydrogen-bond acceptors (Lipinski definition) is 7. The third-order valence-corrected chi connectivity index (χ3v) is 7.88. The van der Waals surface area contributed by atoms with E-state index in [4.69, 9.17) is 20.9 Å². The van der Waals surface area contributed by atoms with E-state index in [1.165, 1.54) is 17.1 Å². The predicted molar refractivity (Wildman–Crippen MR) is 149 cm³/mol. The zero-order valence-corrected chi connectivity index (χ0v) is 24.1. The molecule has 0 radical (unpaired) electrons. The van der Waals surface area contributed by atoms with Crippen LogP contribution in [0.25, 0.3) is 6.20 Å². The number of primary amides is 2. The second kappa shape index (κ2) is 13.2. The average Bonchev–Trinajstić information content (AvgIpc) is 3.28. The molecule has 2 fully saturated rings. The van der Waals surface area contributed by atoms with Crippen molar-refractivity contribution in [2.45, 2.75) is 72.8 Å². The zero-order valence-electron chi connectivity index (χ0n) is 24.1. The fourth-order valence-corrected chi connectivity index (χ4v) is 5.89. The van der Waals surface area contributed by atoms with Gasteiger partial charge in [0.15, 0.2) is 0 Å². The maximum Gasteiger partial charge on any atom is 0.404 e. The van der Waals surface area contributed by atoms with Crippen LogP contribution in [0.3, 0.4) is 0 Å². The molecule has 222 valence electrons. The fraction of sp³-hybridized carbons (Fsp3) is 0.679. The lowest BCUT2D eigenvalue weighted by molar-refractivity contribution is -0.125. The van der Waals surface area contributed by atoms with E-state index in [1.807, 2.05) is 13.8 Å². The second-order valence-corrected chi connectivity index (χ2v) is 12.1. The topological polar surface area (TPSA) is 181 Å². The van der Waals surface area contributed by atoms with Gasteiger partial charge >= 0.3 is 12.1 Å². The highest BCUT2D eigenvalue weighted by atomic mass is 16.5.